The third-order valence-corrected chi connectivity index (χ3v) is 7.27. The monoisotopic (exact) mass is 478 g/mol. The first-order chi connectivity index (χ1) is 16.9. The summed E-state index contributed by atoms with van der Waals surface area (Å²) in [6.07, 6.45) is 3.57. The molecule has 0 aromatic heterocycles. The van der Waals surface area contributed by atoms with Crippen molar-refractivity contribution in [3.63, 3.8) is 0 Å². The van der Waals surface area contributed by atoms with Gasteiger partial charge in [-0.2, -0.15) is 0 Å². The summed E-state index contributed by atoms with van der Waals surface area (Å²) in [6.45, 7) is 1.22. The summed E-state index contributed by atoms with van der Waals surface area (Å²) >= 11 is 0. The number of ether oxygens (including phenoxy) is 1. The Balaban J connectivity index is 1.24. The summed E-state index contributed by atoms with van der Waals surface area (Å²) < 4.78 is 5.63. The maximum absolute atomic E-state index is 12.8. The molecule has 0 heterocycles. The molecule has 1 saturated carbocycles. The van der Waals surface area contributed by atoms with Gasteiger partial charge >= 0.3 is 12.1 Å². The summed E-state index contributed by atoms with van der Waals surface area (Å²) in [7, 11) is 1.74. The van der Waals surface area contributed by atoms with Crippen LogP contribution in [0.5, 0.6) is 0 Å². The average molecular weight is 479 g/mol. The van der Waals surface area contributed by atoms with E-state index in [2.05, 4.69) is 29.6 Å². The van der Waals surface area contributed by atoms with Crippen LogP contribution in [0.4, 0.5) is 4.79 Å². The van der Waals surface area contributed by atoms with Crippen LogP contribution in [0.15, 0.2) is 48.5 Å². The van der Waals surface area contributed by atoms with Gasteiger partial charge in [0, 0.05) is 38.4 Å². The fourth-order valence-electron chi connectivity index (χ4n) is 5.47. The van der Waals surface area contributed by atoms with Crippen LogP contribution in [0, 0.1) is 11.8 Å². The van der Waals surface area contributed by atoms with Crippen LogP contribution >= 0.6 is 0 Å². The lowest BCUT2D eigenvalue weighted by Gasteiger charge is -2.31. The number of carboxylic acid groups (broad SMARTS) is 1. The Bertz CT molecular complexity index is 1020. The van der Waals surface area contributed by atoms with Crippen LogP contribution in [0.3, 0.4) is 0 Å². The van der Waals surface area contributed by atoms with Crippen molar-refractivity contribution in [2.24, 2.45) is 11.8 Å². The predicted molar refractivity (Wildman–Crippen MR) is 133 cm³/mol. The normalized spacial score (nSPS) is 18.9. The Kier molecular flexibility index (Phi) is 8.06. The Hall–Kier alpha value is -3.35. The number of amides is 2. The van der Waals surface area contributed by atoms with Crippen molar-refractivity contribution in [1.82, 2.24) is 10.2 Å². The summed E-state index contributed by atoms with van der Waals surface area (Å²) in [5.74, 6) is -0.593. The zero-order chi connectivity index (χ0) is 24.8. The number of carbonyl (C=O) groups excluding carboxylic acids is 2. The molecule has 2 atom stereocenters. The quantitative estimate of drug-likeness (QED) is 0.547. The fraction of sp³-hybridized carbons (Fsp3) is 0.464. The first-order valence-corrected chi connectivity index (χ1v) is 12.5. The summed E-state index contributed by atoms with van der Waals surface area (Å²) in [5, 5.41) is 11.7. The standard InChI is InChI=1S/C28H34N2O5/c1-30(15-7-14-26(31)32)27(33)20-9-6-8-19(16-20)17-29-28(34)35-18-25-23-12-4-2-10-21(23)22-11-3-5-13-24(22)25/h2-5,10-13,19-20,25H,6-9,14-18H2,1H3,(H,29,34)(H,31,32). The van der Waals surface area contributed by atoms with Crippen molar-refractivity contribution in [1.29, 1.82) is 0 Å². The van der Waals surface area contributed by atoms with Gasteiger partial charge in [0.1, 0.15) is 6.61 Å². The zero-order valence-corrected chi connectivity index (χ0v) is 20.2. The third kappa shape index (κ3) is 6.02. The van der Waals surface area contributed by atoms with Crippen molar-refractivity contribution in [2.45, 2.75) is 44.4 Å². The lowest BCUT2D eigenvalue weighted by atomic mass is 9.80. The van der Waals surface area contributed by atoms with Gasteiger partial charge in [-0.1, -0.05) is 55.0 Å². The minimum Gasteiger partial charge on any atom is -0.481 e. The maximum Gasteiger partial charge on any atom is 0.407 e. The van der Waals surface area contributed by atoms with Crippen molar-refractivity contribution < 1.29 is 24.2 Å². The van der Waals surface area contributed by atoms with E-state index in [1.54, 1.807) is 11.9 Å². The molecule has 2 unspecified atom stereocenters. The Morgan fingerprint density at radius 1 is 1.03 bits per heavy atom. The molecule has 0 aliphatic heterocycles. The second kappa shape index (κ2) is 11.4. The highest BCUT2D eigenvalue weighted by atomic mass is 16.5. The van der Waals surface area contributed by atoms with E-state index in [0.29, 0.717) is 19.5 Å². The highest BCUT2D eigenvalue weighted by molar-refractivity contribution is 5.79. The fourth-order valence-corrected chi connectivity index (χ4v) is 5.47. The van der Waals surface area contributed by atoms with Gasteiger partial charge in [0.05, 0.1) is 0 Å². The molecule has 35 heavy (non-hydrogen) atoms. The van der Waals surface area contributed by atoms with Gasteiger partial charge in [-0.25, -0.2) is 4.79 Å². The van der Waals surface area contributed by atoms with E-state index in [9.17, 15) is 14.4 Å². The van der Waals surface area contributed by atoms with Crippen LogP contribution < -0.4 is 5.32 Å². The molecule has 2 amide bonds. The molecule has 0 spiro atoms. The van der Waals surface area contributed by atoms with E-state index in [0.717, 1.165) is 25.7 Å². The molecule has 0 saturated heterocycles. The molecule has 186 valence electrons. The van der Waals surface area contributed by atoms with E-state index in [4.69, 9.17) is 9.84 Å². The molecule has 7 nitrogen and oxygen atoms in total. The van der Waals surface area contributed by atoms with Crippen LogP contribution in [-0.4, -0.2) is 54.7 Å². The molecule has 2 aliphatic rings. The summed E-state index contributed by atoms with van der Waals surface area (Å²) in [6, 6.07) is 16.5. The Labute approximate surface area is 206 Å². The molecule has 1 fully saturated rings. The molecule has 2 aliphatic carbocycles. The number of nitrogens with zero attached hydrogens (tertiary/aromatic N) is 1. The van der Waals surface area contributed by atoms with E-state index in [-0.39, 0.29) is 36.7 Å². The zero-order valence-electron chi connectivity index (χ0n) is 20.2. The SMILES string of the molecule is CN(CCCC(=O)O)C(=O)C1CCCC(CNC(=O)OCC2c3ccccc3-c3ccccc32)C1. The topological polar surface area (TPSA) is 95.9 Å². The van der Waals surface area contributed by atoms with Crippen LogP contribution in [-0.2, 0) is 14.3 Å². The highest BCUT2D eigenvalue weighted by Gasteiger charge is 2.31. The maximum atomic E-state index is 12.8. The number of nitrogens with one attached hydrogen (secondary N) is 1. The van der Waals surface area contributed by atoms with Gasteiger partial charge in [-0.15, -0.1) is 0 Å². The van der Waals surface area contributed by atoms with Crippen LogP contribution in [0.1, 0.15) is 55.6 Å². The third-order valence-electron chi connectivity index (χ3n) is 7.27. The molecule has 2 aromatic rings. The molecular weight excluding hydrogens is 444 g/mol. The number of hydrogen-bond acceptors (Lipinski definition) is 4. The molecule has 2 N–H and O–H groups in total. The predicted octanol–water partition coefficient (Wildman–Crippen LogP) is 4.65. The van der Waals surface area contributed by atoms with Crippen molar-refractivity contribution in [3.05, 3.63) is 59.7 Å². The number of carbonyl (C=O) groups is 3. The molecule has 4 rings (SSSR count). The van der Waals surface area contributed by atoms with Gasteiger partial charge in [0.15, 0.2) is 0 Å². The van der Waals surface area contributed by atoms with Crippen molar-refractivity contribution >= 4 is 18.0 Å². The van der Waals surface area contributed by atoms with Crippen LogP contribution in [0.25, 0.3) is 11.1 Å². The summed E-state index contributed by atoms with van der Waals surface area (Å²) in [4.78, 5) is 37.6. The second-order valence-corrected chi connectivity index (χ2v) is 9.69. The van der Waals surface area contributed by atoms with Gasteiger partial charge in [0.2, 0.25) is 5.91 Å². The Morgan fingerprint density at radius 2 is 1.69 bits per heavy atom. The second-order valence-electron chi connectivity index (χ2n) is 9.69. The average Bonchev–Trinajstić information content (AvgIpc) is 3.19. The molecule has 0 bridgehead atoms. The van der Waals surface area contributed by atoms with E-state index in [1.165, 1.54) is 22.3 Å². The van der Waals surface area contributed by atoms with E-state index < -0.39 is 12.1 Å². The van der Waals surface area contributed by atoms with Gasteiger partial charge in [-0.05, 0) is 53.9 Å². The lowest BCUT2D eigenvalue weighted by molar-refractivity contribution is -0.139. The van der Waals surface area contributed by atoms with E-state index >= 15 is 0 Å². The number of benzene rings is 2. The number of fused-ring (bicyclic) bond motifs is 3. The number of rotatable bonds is 9. The number of aliphatic carboxylic acids is 1. The number of carboxylic acids is 1. The molecule has 2 aromatic carbocycles. The Morgan fingerprint density at radius 3 is 2.34 bits per heavy atom. The molecule has 7 heteroatoms. The first kappa shape index (κ1) is 24.8. The van der Waals surface area contributed by atoms with Crippen LogP contribution in [0.2, 0.25) is 0 Å². The van der Waals surface area contributed by atoms with E-state index in [1.807, 2.05) is 24.3 Å². The molecule has 0 radical (unpaired) electrons. The van der Waals surface area contributed by atoms with Crippen molar-refractivity contribution in [3.8, 4) is 11.1 Å². The van der Waals surface area contributed by atoms with Gasteiger partial charge < -0.3 is 20.1 Å². The van der Waals surface area contributed by atoms with Crippen molar-refractivity contribution in [2.75, 3.05) is 26.7 Å². The first-order valence-electron chi connectivity index (χ1n) is 12.5. The number of alkyl carbamates (subject to hydrolysis) is 1. The smallest absolute Gasteiger partial charge is 0.407 e. The summed E-state index contributed by atoms with van der Waals surface area (Å²) in [5.41, 5.74) is 4.76. The van der Waals surface area contributed by atoms with Gasteiger partial charge in [-0.3, -0.25) is 9.59 Å². The molecular formula is C28H34N2O5. The number of hydrogen-bond donors (Lipinski definition) is 2. The highest BCUT2D eigenvalue weighted by Crippen LogP contribution is 2.44. The minimum absolute atomic E-state index is 0.0292. The van der Waals surface area contributed by atoms with Gasteiger partial charge in [0.25, 0.3) is 0 Å². The minimum atomic E-state index is -0.845. The largest absolute Gasteiger partial charge is 0.481 e. The lowest BCUT2D eigenvalue weighted by Crippen LogP contribution is -2.39.